The van der Waals surface area contributed by atoms with Gasteiger partial charge in [-0.05, 0) is 29.7 Å². The van der Waals surface area contributed by atoms with E-state index in [4.69, 9.17) is 4.74 Å². The van der Waals surface area contributed by atoms with Crippen LogP contribution < -0.4 is 0 Å². The maximum Gasteiger partial charge on any atom is 0.252 e. The van der Waals surface area contributed by atoms with Gasteiger partial charge in [-0.2, -0.15) is 0 Å². The predicted octanol–water partition coefficient (Wildman–Crippen LogP) is 1.98. The number of nitrogens with zero attached hydrogens (tertiary/aromatic N) is 3. The van der Waals surface area contributed by atoms with Crippen molar-refractivity contribution < 1.29 is 9.53 Å². The van der Waals surface area contributed by atoms with Crippen LogP contribution in [0, 0.1) is 0 Å². The SMILES string of the molecule is CN(CCc1ccncc1)C(=O)C1CN(Cc2ccccc2)CCO1. The van der Waals surface area contributed by atoms with Gasteiger partial charge in [-0.3, -0.25) is 14.7 Å². The molecule has 1 atom stereocenters. The van der Waals surface area contributed by atoms with Crippen LogP contribution in [0.25, 0.3) is 0 Å². The van der Waals surface area contributed by atoms with E-state index < -0.39 is 0 Å². The highest BCUT2D eigenvalue weighted by molar-refractivity contribution is 5.81. The number of carbonyl (C=O) groups excluding carboxylic acids is 1. The molecule has 5 heteroatoms. The molecule has 0 spiro atoms. The summed E-state index contributed by atoms with van der Waals surface area (Å²) in [4.78, 5) is 20.8. The number of carbonyl (C=O) groups is 1. The average Bonchev–Trinajstić information content (AvgIpc) is 2.67. The third-order valence-corrected chi connectivity index (χ3v) is 4.54. The zero-order chi connectivity index (χ0) is 17.5. The molecule has 1 unspecified atom stereocenters. The first-order valence-corrected chi connectivity index (χ1v) is 8.74. The summed E-state index contributed by atoms with van der Waals surface area (Å²) in [7, 11) is 1.85. The van der Waals surface area contributed by atoms with E-state index in [2.05, 4.69) is 22.0 Å². The van der Waals surface area contributed by atoms with Crippen molar-refractivity contribution in [3.63, 3.8) is 0 Å². The number of morpholine rings is 1. The van der Waals surface area contributed by atoms with Crippen molar-refractivity contribution in [3.8, 4) is 0 Å². The quantitative estimate of drug-likeness (QED) is 0.807. The second-order valence-corrected chi connectivity index (χ2v) is 6.45. The number of pyridine rings is 1. The van der Waals surface area contributed by atoms with Crippen LogP contribution in [0.1, 0.15) is 11.1 Å². The fourth-order valence-corrected chi connectivity index (χ4v) is 3.04. The standard InChI is InChI=1S/C20H25N3O2/c1-22(12-9-17-7-10-21-11-8-17)20(24)19-16-23(13-14-25-19)15-18-5-3-2-4-6-18/h2-8,10-11,19H,9,12-16H2,1H3. The Hall–Kier alpha value is -2.24. The van der Waals surface area contributed by atoms with Crippen molar-refractivity contribution in [2.75, 3.05) is 33.3 Å². The van der Waals surface area contributed by atoms with Gasteiger partial charge in [0.05, 0.1) is 6.61 Å². The molecule has 1 amide bonds. The minimum Gasteiger partial charge on any atom is -0.366 e. The fraction of sp³-hybridized carbons (Fsp3) is 0.400. The van der Waals surface area contributed by atoms with Gasteiger partial charge in [-0.15, -0.1) is 0 Å². The molecule has 2 aromatic rings. The molecule has 2 heterocycles. The van der Waals surface area contributed by atoms with Gasteiger partial charge in [0.15, 0.2) is 0 Å². The molecule has 0 radical (unpaired) electrons. The summed E-state index contributed by atoms with van der Waals surface area (Å²) < 4.78 is 5.74. The minimum atomic E-state index is -0.375. The van der Waals surface area contributed by atoms with Gasteiger partial charge in [0, 0.05) is 45.6 Å². The van der Waals surface area contributed by atoms with Crippen molar-refractivity contribution >= 4 is 5.91 Å². The zero-order valence-corrected chi connectivity index (χ0v) is 14.7. The van der Waals surface area contributed by atoms with Crippen LogP contribution >= 0.6 is 0 Å². The number of benzene rings is 1. The number of ether oxygens (including phenoxy) is 1. The largest absolute Gasteiger partial charge is 0.366 e. The molecule has 0 bridgehead atoms. The van der Waals surface area contributed by atoms with E-state index in [0.29, 0.717) is 19.7 Å². The van der Waals surface area contributed by atoms with E-state index in [-0.39, 0.29) is 12.0 Å². The number of hydrogen-bond donors (Lipinski definition) is 0. The van der Waals surface area contributed by atoms with E-state index in [1.54, 1.807) is 17.3 Å². The molecular formula is C20H25N3O2. The number of amides is 1. The van der Waals surface area contributed by atoms with E-state index in [1.807, 2.05) is 37.4 Å². The predicted molar refractivity (Wildman–Crippen MR) is 97.0 cm³/mol. The van der Waals surface area contributed by atoms with Gasteiger partial charge in [-0.1, -0.05) is 30.3 Å². The van der Waals surface area contributed by atoms with Gasteiger partial charge in [0.1, 0.15) is 6.10 Å². The Morgan fingerprint density at radius 1 is 1.20 bits per heavy atom. The van der Waals surface area contributed by atoms with Crippen LogP contribution in [-0.4, -0.2) is 60.1 Å². The van der Waals surface area contributed by atoms with Crippen LogP contribution in [0.2, 0.25) is 0 Å². The molecule has 1 aromatic carbocycles. The molecule has 0 aliphatic carbocycles. The molecule has 1 aromatic heterocycles. The van der Waals surface area contributed by atoms with Crippen molar-refractivity contribution in [1.29, 1.82) is 0 Å². The lowest BCUT2D eigenvalue weighted by atomic mass is 10.1. The van der Waals surface area contributed by atoms with Crippen LogP contribution in [0.3, 0.4) is 0 Å². The summed E-state index contributed by atoms with van der Waals surface area (Å²) >= 11 is 0. The molecule has 1 saturated heterocycles. The van der Waals surface area contributed by atoms with Gasteiger partial charge in [0.2, 0.25) is 0 Å². The zero-order valence-electron chi connectivity index (χ0n) is 14.7. The Kier molecular flexibility index (Phi) is 6.14. The Labute approximate surface area is 149 Å². The highest BCUT2D eigenvalue weighted by Gasteiger charge is 2.28. The highest BCUT2D eigenvalue weighted by Crippen LogP contribution is 2.12. The highest BCUT2D eigenvalue weighted by atomic mass is 16.5. The summed E-state index contributed by atoms with van der Waals surface area (Å²) in [5, 5.41) is 0. The third kappa shape index (κ3) is 5.11. The first-order valence-electron chi connectivity index (χ1n) is 8.74. The Morgan fingerprint density at radius 3 is 2.72 bits per heavy atom. The van der Waals surface area contributed by atoms with Crippen LogP contribution in [0.15, 0.2) is 54.9 Å². The van der Waals surface area contributed by atoms with Gasteiger partial charge in [0.25, 0.3) is 5.91 Å². The Balaban J connectivity index is 1.50. The summed E-state index contributed by atoms with van der Waals surface area (Å²) in [5.74, 6) is 0.0619. The van der Waals surface area contributed by atoms with Gasteiger partial charge >= 0.3 is 0 Å². The third-order valence-electron chi connectivity index (χ3n) is 4.54. The maximum atomic E-state index is 12.7. The topological polar surface area (TPSA) is 45.7 Å². The first-order chi connectivity index (χ1) is 12.2. The summed E-state index contributed by atoms with van der Waals surface area (Å²) in [5.41, 5.74) is 2.45. The molecule has 25 heavy (non-hydrogen) atoms. The first kappa shape index (κ1) is 17.6. The average molecular weight is 339 g/mol. The maximum absolute atomic E-state index is 12.7. The van der Waals surface area contributed by atoms with Crippen LogP contribution in [0.4, 0.5) is 0 Å². The monoisotopic (exact) mass is 339 g/mol. The summed E-state index contributed by atoms with van der Waals surface area (Å²) in [6.07, 6.45) is 4.01. The van der Waals surface area contributed by atoms with Crippen molar-refractivity contribution in [1.82, 2.24) is 14.8 Å². The number of aromatic nitrogens is 1. The smallest absolute Gasteiger partial charge is 0.252 e. The van der Waals surface area contributed by atoms with Crippen molar-refractivity contribution in [3.05, 3.63) is 66.0 Å². The fourth-order valence-electron chi connectivity index (χ4n) is 3.04. The lowest BCUT2D eigenvalue weighted by Crippen LogP contribution is -2.50. The molecular weight excluding hydrogens is 314 g/mol. The number of likely N-dealkylation sites (N-methyl/N-ethyl adjacent to an activating group) is 1. The van der Waals surface area contributed by atoms with E-state index in [1.165, 1.54) is 11.1 Å². The van der Waals surface area contributed by atoms with Crippen molar-refractivity contribution in [2.45, 2.75) is 19.1 Å². The number of rotatable bonds is 6. The lowest BCUT2D eigenvalue weighted by molar-refractivity contribution is -0.148. The van der Waals surface area contributed by atoms with E-state index in [9.17, 15) is 4.79 Å². The molecule has 1 aliphatic rings. The van der Waals surface area contributed by atoms with Crippen LogP contribution in [0.5, 0.6) is 0 Å². The van der Waals surface area contributed by atoms with Gasteiger partial charge in [-0.25, -0.2) is 0 Å². The Morgan fingerprint density at radius 2 is 1.96 bits per heavy atom. The normalized spacial score (nSPS) is 18.0. The molecule has 5 nitrogen and oxygen atoms in total. The molecule has 1 fully saturated rings. The molecule has 0 N–H and O–H groups in total. The minimum absolute atomic E-state index is 0.0619. The van der Waals surface area contributed by atoms with Crippen molar-refractivity contribution in [2.24, 2.45) is 0 Å². The van der Waals surface area contributed by atoms with Gasteiger partial charge < -0.3 is 9.64 Å². The van der Waals surface area contributed by atoms with E-state index in [0.717, 1.165) is 19.5 Å². The summed E-state index contributed by atoms with van der Waals surface area (Å²) in [6.45, 7) is 3.64. The molecule has 132 valence electrons. The molecule has 1 aliphatic heterocycles. The van der Waals surface area contributed by atoms with E-state index >= 15 is 0 Å². The second kappa shape index (κ2) is 8.74. The Bertz CT molecular complexity index is 663. The lowest BCUT2D eigenvalue weighted by Gasteiger charge is -2.34. The van der Waals surface area contributed by atoms with Crippen LogP contribution in [-0.2, 0) is 22.5 Å². The molecule has 0 saturated carbocycles. The molecule has 3 rings (SSSR count). The summed E-state index contributed by atoms with van der Waals surface area (Å²) in [6, 6.07) is 14.3. The second-order valence-electron chi connectivity index (χ2n) is 6.45. The number of hydrogen-bond acceptors (Lipinski definition) is 4.